The molecule has 1 amide bonds. The van der Waals surface area contributed by atoms with Gasteiger partial charge in [0, 0.05) is 6.54 Å². The van der Waals surface area contributed by atoms with Gasteiger partial charge in [-0.15, -0.1) is 0 Å². The van der Waals surface area contributed by atoms with E-state index in [9.17, 15) is 15.0 Å². The molecule has 0 saturated heterocycles. The van der Waals surface area contributed by atoms with Crippen LogP contribution in [0.1, 0.15) is 13.8 Å². The summed E-state index contributed by atoms with van der Waals surface area (Å²) in [7, 11) is 0. The molecule has 5 atom stereocenters. The molecule has 0 aliphatic heterocycles. The molecule has 3 unspecified atom stereocenters. The Balaban J connectivity index is 4.31. The van der Waals surface area contributed by atoms with E-state index in [1.807, 2.05) is 0 Å². The van der Waals surface area contributed by atoms with Gasteiger partial charge in [0.15, 0.2) is 0 Å². The highest BCUT2D eigenvalue weighted by Crippen LogP contribution is 2.06. The first-order valence-corrected chi connectivity index (χ1v) is 6.10. The Labute approximate surface area is 112 Å². The molecule has 7 N–H and O–H groups in total. The quantitative estimate of drug-likeness (QED) is 0.263. The average molecular weight is 280 g/mol. The van der Waals surface area contributed by atoms with Crippen molar-refractivity contribution in [1.29, 1.82) is 0 Å². The smallest absolute Gasteiger partial charge is 0.239 e. The van der Waals surface area contributed by atoms with E-state index in [0.717, 1.165) is 0 Å². The molecule has 0 spiro atoms. The van der Waals surface area contributed by atoms with E-state index in [2.05, 4.69) is 5.32 Å². The lowest BCUT2D eigenvalue weighted by molar-refractivity contribution is -0.128. The number of carbonyl (C=O) groups excluding carboxylic acids is 1. The molecule has 0 fully saturated rings. The average Bonchev–Trinajstić information content (AvgIpc) is 2.40. The minimum absolute atomic E-state index is 0.0211. The lowest BCUT2D eigenvalue weighted by Crippen LogP contribution is -2.49. The van der Waals surface area contributed by atoms with Gasteiger partial charge in [0.2, 0.25) is 5.91 Å². The predicted molar refractivity (Wildman–Crippen MR) is 67.2 cm³/mol. The Morgan fingerprint density at radius 3 is 2.26 bits per heavy atom. The molecule has 0 aliphatic rings. The van der Waals surface area contributed by atoms with Crippen LogP contribution in [0.2, 0.25) is 0 Å². The number of rotatable bonds is 9. The summed E-state index contributed by atoms with van der Waals surface area (Å²) in [6.45, 7) is 2.05. The molecule has 0 aromatic carbocycles. The van der Waals surface area contributed by atoms with Crippen LogP contribution in [-0.4, -0.2) is 76.5 Å². The van der Waals surface area contributed by atoms with Crippen molar-refractivity contribution in [2.24, 2.45) is 5.73 Å². The van der Waals surface area contributed by atoms with Gasteiger partial charge in [-0.3, -0.25) is 4.79 Å². The molecule has 8 heteroatoms. The highest BCUT2D eigenvalue weighted by atomic mass is 16.5. The van der Waals surface area contributed by atoms with Gasteiger partial charge in [0.25, 0.3) is 0 Å². The van der Waals surface area contributed by atoms with Gasteiger partial charge in [-0.25, -0.2) is 0 Å². The number of nitrogens with two attached hydrogens (primary N) is 1. The maximum absolute atomic E-state index is 11.4. The van der Waals surface area contributed by atoms with E-state index in [4.69, 9.17) is 20.7 Å². The Hall–Kier alpha value is -0.770. The van der Waals surface area contributed by atoms with E-state index in [-0.39, 0.29) is 6.54 Å². The lowest BCUT2D eigenvalue weighted by atomic mass is 10.2. The third-order valence-electron chi connectivity index (χ3n) is 2.67. The maximum Gasteiger partial charge on any atom is 0.239 e. The number of aliphatic hydroxyl groups is 4. The van der Waals surface area contributed by atoms with Crippen LogP contribution in [0, 0.1) is 0 Å². The standard InChI is InChI=1S/C11H24N2O6/c1-6(16)10(19-7(2)9(17)5-15)3-13-11(18)8(12)4-14/h6-10,14-17H,3-5,12H2,1-2H3,(H,13,18)/t6-,7?,8?,9+,10?/m1/s1. The summed E-state index contributed by atoms with van der Waals surface area (Å²) >= 11 is 0. The van der Waals surface area contributed by atoms with Gasteiger partial charge in [-0.2, -0.15) is 0 Å². The SMILES string of the molecule is CC(OC(CNC(=O)C(N)CO)[C@@H](C)O)[C@@H](O)CO. The van der Waals surface area contributed by atoms with Crippen molar-refractivity contribution >= 4 is 5.91 Å². The van der Waals surface area contributed by atoms with Crippen molar-refractivity contribution in [3.8, 4) is 0 Å². The third kappa shape index (κ3) is 6.81. The van der Waals surface area contributed by atoms with Crippen molar-refractivity contribution in [2.75, 3.05) is 19.8 Å². The van der Waals surface area contributed by atoms with E-state index in [0.29, 0.717) is 0 Å². The van der Waals surface area contributed by atoms with Gasteiger partial charge < -0.3 is 36.2 Å². The van der Waals surface area contributed by atoms with Crippen LogP contribution in [0.4, 0.5) is 0 Å². The molecule has 0 aliphatic carbocycles. The Kier molecular flexibility index (Phi) is 8.81. The van der Waals surface area contributed by atoms with Crippen LogP contribution in [0.25, 0.3) is 0 Å². The van der Waals surface area contributed by atoms with Gasteiger partial charge >= 0.3 is 0 Å². The van der Waals surface area contributed by atoms with Gasteiger partial charge in [0.1, 0.15) is 18.2 Å². The Bertz CT molecular complexity index is 264. The van der Waals surface area contributed by atoms with Crippen LogP contribution in [0.15, 0.2) is 0 Å². The molecule has 0 saturated carbocycles. The fraction of sp³-hybridized carbons (Fsp3) is 0.909. The number of carbonyl (C=O) groups is 1. The van der Waals surface area contributed by atoms with E-state index in [1.54, 1.807) is 0 Å². The summed E-state index contributed by atoms with van der Waals surface area (Å²) in [6, 6.07) is -1.03. The van der Waals surface area contributed by atoms with Crippen LogP contribution >= 0.6 is 0 Å². The molecule has 0 rings (SSSR count). The Morgan fingerprint density at radius 1 is 1.26 bits per heavy atom. The highest BCUT2D eigenvalue weighted by Gasteiger charge is 2.24. The number of aliphatic hydroxyl groups excluding tert-OH is 4. The second-order valence-corrected chi connectivity index (χ2v) is 4.40. The molecule has 0 radical (unpaired) electrons. The second-order valence-electron chi connectivity index (χ2n) is 4.40. The number of hydrogen-bond donors (Lipinski definition) is 6. The molecule has 114 valence electrons. The second kappa shape index (κ2) is 9.18. The number of nitrogens with one attached hydrogen (secondary N) is 1. The zero-order valence-corrected chi connectivity index (χ0v) is 11.2. The zero-order valence-electron chi connectivity index (χ0n) is 11.2. The predicted octanol–water partition coefficient (Wildman–Crippen LogP) is -3.07. The van der Waals surface area contributed by atoms with E-state index in [1.165, 1.54) is 13.8 Å². The van der Waals surface area contributed by atoms with Crippen molar-refractivity contribution in [3.05, 3.63) is 0 Å². The highest BCUT2D eigenvalue weighted by molar-refractivity contribution is 5.81. The number of hydrogen-bond acceptors (Lipinski definition) is 7. The molecule has 0 heterocycles. The van der Waals surface area contributed by atoms with Crippen molar-refractivity contribution in [2.45, 2.75) is 44.3 Å². The van der Waals surface area contributed by atoms with Crippen molar-refractivity contribution in [1.82, 2.24) is 5.32 Å². The molecule has 0 bridgehead atoms. The summed E-state index contributed by atoms with van der Waals surface area (Å²) in [5.41, 5.74) is 5.31. The zero-order chi connectivity index (χ0) is 15.0. The fourth-order valence-corrected chi connectivity index (χ4v) is 1.26. The normalized spacial score (nSPS) is 19.3. The summed E-state index contributed by atoms with van der Waals surface area (Å²) in [6.07, 6.45) is -3.42. The first kappa shape index (κ1) is 18.2. The Morgan fingerprint density at radius 2 is 1.84 bits per heavy atom. The van der Waals surface area contributed by atoms with Crippen molar-refractivity contribution < 1.29 is 30.0 Å². The monoisotopic (exact) mass is 280 g/mol. The minimum Gasteiger partial charge on any atom is -0.394 e. The molecular weight excluding hydrogens is 256 g/mol. The van der Waals surface area contributed by atoms with Crippen LogP contribution < -0.4 is 11.1 Å². The first-order chi connectivity index (χ1) is 8.83. The molecule has 8 nitrogen and oxygen atoms in total. The van der Waals surface area contributed by atoms with Crippen molar-refractivity contribution in [3.63, 3.8) is 0 Å². The maximum atomic E-state index is 11.4. The van der Waals surface area contributed by atoms with Crippen LogP contribution in [-0.2, 0) is 9.53 Å². The fourth-order valence-electron chi connectivity index (χ4n) is 1.26. The topological polar surface area (TPSA) is 145 Å². The number of amides is 1. The number of ether oxygens (including phenoxy) is 1. The minimum atomic E-state index is -1.07. The van der Waals surface area contributed by atoms with E-state index >= 15 is 0 Å². The molecule has 0 aromatic rings. The summed E-state index contributed by atoms with van der Waals surface area (Å²) in [5, 5.41) is 38.8. The summed E-state index contributed by atoms with van der Waals surface area (Å²) in [4.78, 5) is 11.4. The molecule has 19 heavy (non-hydrogen) atoms. The molecule has 0 aromatic heterocycles. The van der Waals surface area contributed by atoms with Crippen LogP contribution in [0.3, 0.4) is 0 Å². The third-order valence-corrected chi connectivity index (χ3v) is 2.67. The van der Waals surface area contributed by atoms with Gasteiger partial charge in [0.05, 0.1) is 25.4 Å². The van der Waals surface area contributed by atoms with Gasteiger partial charge in [-0.1, -0.05) is 0 Å². The summed E-state index contributed by atoms with van der Waals surface area (Å²) < 4.78 is 5.35. The van der Waals surface area contributed by atoms with Crippen LogP contribution in [0.5, 0.6) is 0 Å². The first-order valence-electron chi connectivity index (χ1n) is 6.10. The largest absolute Gasteiger partial charge is 0.394 e. The van der Waals surface area contributed by atoms with Gasteiger partial charge in [-0.05, 0) is 13.8 Å². The summed E-state index contributed by atoms with van der Waals surface area (Å²) in [5.74, 6) is -0.563. The van der Waals surface area contributed by atoms with E-state index < -0.39 is 49.6 Å². The molecular formula is C11H24N2O6. The lowest BCUT2D eigenvalue weighted by Gasteiger charge is -2.27.